The lowest BCUT2D eigenvalue weighted by molar-refractivity contribution is -0.123. The van der Waals surface area contributed by atoms with E-state index in [2.05, 4.69) is 26.4 Å². The van der Waals surface area contributed by atoms with E-state index >= 15 is 0 Å². The molecule has 266 valence electrons. The minimum absolute atomic E-state index is 0.0720. The van der Waals surface area contributed by atoms with E-state index in [0.29, 0.717) is 37.3 Å². The Morgan fingerprint density at radius 3 is 2.16 bits per heavy atom. The minimum Gasteiger partial charge on any atom is -0.370 e. The van der Waals surface area contributed by atoms with Crippen molar-refractivity contribution in [1.82, 2.24) is 15.4 Å². The molecule has 0 aromatic heterocycles. The summed E-state index contributed by atoms with van der Waals surface area (Å²) in [7, 11) is -4.05. The zero-order valence-corrected chi connectivity index (χ0v) is 29.9. The van der Waals surface area contributed by atoms with Crippen LogP contribution in [0.15, 0.2) is 102 Å². The molecule has 7 N–H and O–H groups in total. The van der Waals surface area contributed by atoms with Crippen LogP contribution in [0.4, 0.5) is 0 Å². The van der Waals surface area contributed by atoms with Crippen LogP contribution in [0.2, 0.25) is 5.02 Å². The van der Waals surface area contributed by atoms with Crippen molar-refractivity contribution in [3.8, 4) is 0 Å². The first-order valence-corrected chi connectivity index (χ1v) is 18.8. The number of carbonyl (C=O) groups excluding carboxylic acids is 2. The van der Waals surface area contributed by atoms with E-state index in [9.17, 15) is 18.0 Å². The average molecular weight is 719 g/mol. The van der Waals surface area contributed by atoms with Gasteiger partial charge in [0, 0.05) is 31.1 Å². The molecule has 4 aromatic carbocycles. The average Bonchev–Trinajstić information content (AvgIpc) is 3.08. The second kappa shape index (κ2) is 19.1. The third kappa shape index (κ3) is 12.8. The Balaban J connectivity index is 1.49. The van der Waals surface area contributed by atoms with Gasteiger partial charge in [0.2, 0.25) is 21.8 Å². The molecule has 0 radical (unpaired) electrons. The molecule has 0 fully saturated rings. The lowest BCUT2D eigenvalue weighted by Crippen LogP contribution is -2.50. The number of nitrogens with two attached hydrogens (primary N) is 2. The van der Waals surface area contributed by atoms with E-state index in [0.717, 1.165) is 27.5 Å². The highest BCUT2D eigenvalue weighted by atomic mass is 35.5. The molecule has 12 heteroatoms. The van der Waals surface area contributed by atoms with Gasteiger partial charge in [0.15, 0.2) is 5.96 Å². The van der Waals surface area contributed by atoms with Crippen LogP contribution >= 0.6 is 11.6 Å². The number of guanidine groups is 1. The molecule has 0 aliphatic heterocycles. The van der Waals surface area contributed by atoms with Crippen molar-refractivity contribution < 1.29 is 18.0 Å². The highest BCUT2D eigenvalue weighted by Gasteiger charge is 2.32. The number of nitrogens with one attached hydrogen (secondary N) is 3. The fourth-order valence-electron chi connectivity index (χ4n) is 5.94. The summed E-state index contributed by atoms with van der Waals surface area (Å²) in [6.07, 6.45) is 2.54. The van der Waals surface area contributed by atoms with Gasteiger partial charge in [0.25, 0.3) is 0 Å². The molecule has 0 bridgehead atoms. The van der Waals surface area contributed by atoms with Gasteiger partial charge in [0.05, 0.1) is 5.25 Å². The SMILES string of the molecule is CC(=O)N[C@H](CC[C@H](Cc1ccccc1)S(=O)(=O)N[C@@H](CCCN=C(N)N)C(=O)NCCc1ccc2ccccc2c1)Cc1ccc(Cl)cc1. The van der Waals surface area contributed by atoms with Crippen molar-refractivity contribution in [2.75, 3.05) is 13.1 Å². The molecule has 0 unspecified atom stereocenters. The Hall–Kier alpha value is -4.45. The number of nitrogens with zero attached hydrogens (tertiary/aromatic N) is 1. The Bertz CT molecular complexity index is 1830. The Labute approximate surface area is 300 Å². The topological polar surface area (TPSA) is 169 Å². The van der Waals surface area contributed by atoms with Crippen LogP contribution in [-0.4, -0.2) is 56.6 Å². The lowest BCUT2D eigenvalue weighted by atomic mass is 9.98. The quantitative estimate of drug-likeness (QED) is 0.0538. The smallest absolute Gasteiger partial charge is 0.238 e. The summed E-state index contributed by atoms with van der Waals surface area (Å²) in [4.78, 5) is 29.7. The van der Waals surface area contributed by atoms with Crippen LogP contribution in [0.25, 0.3) is 10.8 Å². The molecular weight excluding hydrogens is 672 g/mol. The molecule has 4 rings (SSSR count). The fourth-order valence-corrected chi connectivity index (χ4v) is 7.74. The number of hydrogen-bond acceptors (Lipinski definition) is 5. The second-order valence-corrected chi connectivity index (χ2v) is 14.9. The number of fused-ring (bicyclic) bond motifs is 1. The van der Waals surface area contributed by atoms with Crippen molar-refractivity contribution in [2.24, 2.45) is 16.5 Å². The van der Waals surface area contributed by atoms with Gasteiger partial charge in [-0.3, -0.25) is 14.6 Å². The summed E-state index contributed by atoms with van der Waals surface area (Å²) < 4.78 is 31.1. The molecule has 50 heavy (non-hydrogen) atoms. The number of amides is 2. The number of rotatable bonds is 19. The maximum Gasteiger partial charge on any atom is 0.238 e. The molecule has 4 aromatic rings. The molecule has 2 amide bonds. The summed E-state index contributed by atoms with van der Waals surface area (Å²) in [6.45, 7) is 2.03. The third-order valence-corrected chi connectivity index (χ3v) is 10.6. The van der Waals surface area contributed by atoms with Crippen LogP contribution in [-0.2, 0) is 38.9 Å². The zero-order chi connectivity index (χ0) is 35.9. The van der Waals surface area contributed by atoms with Gasteiger partial charge in [-0.15, -0.1) is 0 Å². The molecular formula is C38H47ClN6O4S. The van der Waals surface area contributed by atoms with Crippen molar-refractivity contribution in [2.45, 2.75) is 69.2 Å². The van der Waals surface area contributed by atoms with Crippen LogP contribution in [0, 0.1) is 0 Å². The van der Waals surface area contributed by atoms with E-state index in [-0.39, 0.29) is 43.7 Å². The first-order chi connectivity index (χ1) is 24.0. The summed E-state index contributed by atoms with van der Waals surface area (Å²) in [6, 6.07) is 29.6. The molecule has 0 aliphatic rings. The zero-order valence-electron chi connectivity index (χ0n) is 28.4. The second-order valence-electron chi connectivity index (χ2n) is 12.5. The summed E-state index contributed by atoms with van der Waals surface area (Å²) >= 11 is 6.07. The first-order valence-electron chi connectivity index (χ1n) is 16.9. The number of aliphatic imine (C=N–C) groups is 1. The molecule has 3 atom stereocenters. The number of carbonyl (C=O) groups is 2. The van der Waals surface area contributed by atoms with Gasteiger partial charge in [-0.1, -0.05) is 96.5 Å². The number of benzene rings is 4. The predicted molar refractivity (Wildman–Crippen MR) is 202 cm³/mol. The first kappa shape index (κ1) is 38.4. The van der Waals surface area contributed by atoms with Crippen LogP contribution in [0.3, 0.4) is 0 Å². The Morgan fingerprint density at radius 1 is 0.800 bits per heavy atom. The van der Waals surface area contributed by atoms with E-state index in [1.54, 1.807) is 12.1 Å². The number of sulfonamides is 1. The number of halogens is 1. The van der Waals surface area contributed by atoms with E-state index in [1.165, 1.54) is 6.92 Å². The van der Waals surface area contributed by atoms with E-state index in [1.807, 2.05) is 78.9 Å². The Kier molecular flexibility index (Phi) is 14.6. The molecule has 0 spiro atoms. The summed E-state index contributed by atoms with van der Waals surface area (Å²) in [5, 5.41) is 7.89. The maximum absolute atomic E-state index is 14.2. The fraction of sp³-hybridized carbons (Fsp3) is 0.342. The van der Waals surface area contributed by atoms with Gasteiger partial charge in [-0.05, 0) is 84.5 Å². The van der Waals surface area contributed by atoms with E-state index < -0.39 is 27.2 Å². The Morgan fingerprint density at radius 2 is 1.46 bits per heavy atom. The van der Waals surface area contributed by atoms with Gasteiger partial charge < -0.3 is 22.1 Å². The highest BCUT2D eigenvalue weighted by molar-refractivity contribution is 7.90. The highest BCUT2D eigenvalue weighted by Crippen LogP contribution is 2.20. The molecule has 0 heterocycles. The summed E-state index contributed by atoms with van der Waals surface area (Å²) in [5.41, 5.74) is 13.8. The van der Waals surface area contributed by atoms with E-state index in [4.69, 9.17) is 23.1 Å². The molecule has 0 saturated heterocycles. The normalized spacial score (nSPS) is 13.2. The van der Waals surface area contributed by atoms with Crippen molar-refractivity contribution >= 4 is 50.2 Å². The van der Waals surface area contributed by atoms with Crippen LogP contribution < -0.4 is 26.8 Å². The number of hydrogen-bond donors (Lipinski definition) is 5. The van der Waals surface area contributed by atoms with Crippen LogP contribution in [0.5, 0.6) is 0 Å². The van der Waals surface area contributed by atoms with Crippen molar-refractivity contribution in [3.63, 3.8) is 0 Å². The molecule has 10 nitrogen and oxygen atoms in total. The summed E-state index contributed by atoms with van der Waals surface area (Å²) in [5.74, 6) is -0.695. The largest absolute Gasteiger partial charge is 0.370 e. The van der Waals surface area contributed by atoms with Gasteiger partial charge >= 0.3 is 0 Å². The standard InChI is InChI=1S/C38H47ClN6O4S/c1-27(46)44-34(25-29-14-17-33(39)18-15-29)19-20-35(26-28-8-3-2-4-9-28)50(48,49)45-36(12-7-22-43-38(40)41)37(47)42-23-21-30-13-16-31-10-5-6-11-32(31)24-30/h2-6,8-11,13-18,24,34-36,45H,7,12,19-23,25-26H2,1H3,(H,42,47)(H,44,46)(H4,40,41,43)/t34-,35-,36+/m1/s1. The molecule has 0 aliphatic carbocycles. The monoisotopic (exact) mass is 718 g/mol. The van der Waals surface area contributed by atoms with Crippen molar-refractivity contribution in [1.29, 1.82) is 0 Å². The van der Waals surface area contributed by atoms with Gasteiger partial charge in [-0.25, -0.2) is 13.1 Å². The predicted octanol–water partition coefficient (Wildman–Crippen LogP) is 4.63. The van der Waals surface area contributed by atoms with Crippen LogP contribution in [0.1, 0.15) is 49.3 Å². The minimum atomic E-state index is -4.05. The van der Waals surface area contributed by atoms with Crippen molar-refractivity contribution in [3.05, 3.63) is 119 Å². The lowest BCUT2D eigenvalue weighted by Gasteiger charge is -2.25. The third-order valence-electron chi connectivity index (χ3n) is 8.48. The van der Waals surface area contributed by atoms with Gasteiger partial charge in [-0.2, -0.15) is 0 Å². The van der Waals surface area contributed by atoms with Gasteiger partial charge in [0.1, 0.15) is 6.04 Å². The maximum atomic E-state index is 14.2. The molecule has 0 saturated carbocycles.